The monoisotopic (exact) mass is 222 g/mol. The Morgan fingerprint density at radius 3 is 2.12 bits per heavy atom. The summed E-state index contributed by atoms with van der Waals surface area (Å²) in [5.41, 5.74) is 2.41. The molecule has 0 aliphatic carbocycles. The second-order valence-corrected chi connectivity index (χ2v) is 5.16. The summed E-state index contributed by atoms with van der Waals surface area (Å²) < 4.78 is 0. The summed E-state index contributed by atoms with van der Waals surface area (Å²) in [6, 6.07) is 8.33. The summed E-state index contributed by atoms with van der Waals surface area (Å²) in [5.74, 6) is 0. The number of nitrogens with zero attached hydrogens (tertiary/aromatic N) is 1. The molecule has 0 amide bonds. The molecule has 0 atom stereocenters. The molecule has 0 saturated heterocycles. The van der Waals surface area contributed by atoms with Gasteiger partial charge in [-0.15, -0.1) is 0 Å². The van der Waals surface area contributed by atoms with Crippen molar-refractivity contribution in [2.24, 2.45) is 0 Å². The summed E-state index contributed by atoms with van der Waals surface area (Å²) in [6.07, 6.45) is 0. The zero-order chi connectivity index (χ0) is 12.2. The van der Waals surface area contributed by atoms with E-state index < -0.39 is 0 Å². The van der Waals surface area contributed by atoms with Crippen LogP contribution in [0.15, 0.2) is 24.3 Å². The van der Waals surface area contributed by atoms with Gasteiger partial charge in [0.2, 0.25) is 0 Å². The molecule has 0 radical (unpaired) electrons. The maximum atomic E-state index is 5.38. The number of rotatable bonds is 4. The van der Waals surface area contributed by atoms with Crippen LogP contribution in [0.4, 0.5) is 5.69 Å². The van der Waals surface area contributed by atoms with E-state index in [2.05, 4.69) is 50.4 Å². The van der Waals surface area contributed by atoms with Crippen LogP contribution in [0.3, 0.4) is 0 Å². The maximum Gasteiger partial charge on any atom is 0.0935 e. The smallest absolute Gasteiger partial charge is 0.0935 e. The standard InChI is InChI=1S/C13H22N2O/c1-13(2,3)14-12-8-6-11(7-9-12)10-16-15(4)5/h6-9,14H,10H2,1-5H3. The number of hydrogen-bond donors (Lipinski definition) is 1. The Bertz CT molecular complexity index is 312. The normalized spacial score (nSPS) is 11.9. The van der Waals surface area contributed by atoms with Gasteiger partial charge in [0.15, 0.2) is 0 Å². The average Bonchev–Trinajstić information content (AvgIpc) is 2.14. The Kier molecular flexibility index (Phi) is 4.33. The molecule has 1 aromatic carbocycles. The first-order valence-electron chi connectivity index (χ1n) is 5.54. The van der Waals surface area contributed by atoms with E-state index in [1.165, 1.54) is 5.56 Å². The summed E-state index contributed by atoms with van der Waals surface area (Å²) in [5, 5.41) is 5.13. The van der Waals surface area contributed by atoms with E-state index in [4.69, 9.17) is 4.84 Å². The van der Waals surface area contributed by atoms with Gasteiger partial charge in [-0.25, -0.2) is 0 Å². The van der Waals surface area contributed by atoms with Crippen molar-refractivity contribution in [3.8, 4) is 0 Å². The lowest BCUT2D eigenvalue weighted by Crippen LogP contribution is -2.25. The van der Waals surface area contributed by atoms with E-state index in [1.54, 1.807) is 5.06 Å². The van der Waals surface area contributed by atoms with Crippen LogP contribution in [0, 0.1) is 0 Å². The largest absolute Gasteiger partial charge is 0.380 e. The van der Waals surface area contributed by atoms with Gasteiger partial charge in [-0.1, -0.05) is 12.1 Å². The molecular formula is C13H22N2O. The lowest BCUT2D eigenvalue weighted by Gasteiger charge is -2.22. The minimum Gasteiger partial charge on any atom is -0.380 e. The fourth-order valence-corrected chi connectivity index (χ4v) is 1.32. The van der Waals surface area contributed by atoms with Gasteiger partial charge in [0.05, 0.1) is 6.61 Å². The van der Waals surface area contributed by atoms with Gasteiger partial charge < -0.3 is 5.32 Å². The molecule has 0 unspecified atom stereocenters. The third-order valence-electron chi connectivity index (χ3n) is 1.96. The fraction of sp³-hybridized carbons (Fsp3) is 0.538. The zero-order valence-electron chi connectivity index (χ0n) is 10.9. The van der Waals surface area contributed by atoms with Crippen molar-refractivity contribution in [2.75, 3.05) is 19.4 Å². The summed E-state index contributed by atoms with van der Waals surface area (Å²) in [4.78, 5) is 5.38. The number of hydrogen-bond acceptors (Lipinski definition) is 3. The van der Waals surface area contributed by atoms with Crippen LogP contribution in [-0.2, 0) is 11.4 Å². The third kappa shape index (κ3) is 5.14. The Morgan fingerprint density at radius 1 is 1.12 bits per heavy atom. The van der Waals surface area contributed by atoms with Crippen molar-refractivity contribution < 1.29 is 4.84 Å². The lowest BCUT2D eigenvalue weighted by atomic mass is 10.1. The van der Waals surface area contributed by atoms with Crippen LogP contribution in [0.1, 0.15) is 26.3 Å². The van der Waals surface area contributed by atoms with E-state index in [0.29, 0.717) is 6.61 Å². The first-order valence-corrected chi connectivity index (χ1v) is 5.54. The third-order valence-corrected chi connectivity index (χ3v) is 1.96. The molecule has 16 heavy (non-hydrogen) atoms. The second kappa shape index (κ2) is 5.32. The number of anilines is 1. The van der Waals surface area contributed by atoms with Crippen LogP contribution in [0.2, 0.25) is 0 Å². The van der Waals surface area contributed by atoms with Crippen molar-refractivity contribution in [3.63, 3.8) is 0 Å². The van der Waals surface area contributed by atoms with E-state index >= 15 is 0 Å². The molecule has 1 rings (SSSR count). The summed E-state index contributed by atoms with van der Waals surface area (Å²) in [6.45, 7) is 7.06. The van der Waals surface area contributed by atoms with Crippen molar-refractivity contribution >= 4 is 5.69 Å². The SMILES string of the molecule is CN(C)OCc1ccc(NC(C)(C)C)cc1. The summed E-state index contributed by atoms with van der Waals surface area (Å²) in [7, 11) is 3.77. The highest BCUT2D eigenvalue weighted by Crippen LogP contribution is 2.15. The summed E-state index contributed by atoms with van der Waals surface area (Å²) >= 11 is 0. The topological polar surface area (TPSA) is 24.5 Å². The highest BCUT2D eigenvalue weighted by atomic mass is 16.7. The van der Waals surface area contributed by atoms with Crippen LogP contribution >= 0.6 is 0 Å². The van der Waals surface area contributed by atoms with Crippen molar-refractivity contribution in [2.45, 2.75) is 32.9 Å². The first kappa shape index (κ1) is 13.0. The van der Waals surface area contributed by atoms with Crippen LogP contribution in [0.5, 0.6) is 0 Å². The Labute approximate surface area is 98.4 Å². The van der Waals surface area contributed by atoms with E-state index in [9.17, 15) is 0 Å². The van der Waals surface area contributed by atoms with Crippen LogP contribution in [0.25, 0.3) is 0 Å². The molecule has 0 bridgehead atoms. The Hall–Kier alpha value is -1.06. The minimum atomic E-state index is 0.0989. The molecule has 0 aliphatic heterocycles. The average molecular weight is 222 g/mol. The number of nitrogens with one attached hydrogen (secondary N) is 1. The fourth-order valence-electron chi connectivity index (χ4n) is 1.32. The minimum absolute atomic E-state index is 0.0989. The molecular weight excluding hydrogens is 200 g/mol. The highest BCUT2D eigenvalue weighted by molar-refractivity contribution is 5.46. The van der Waals surface area contributed by atoms with Gasteiger partial charge >= 0.3 is 0 Å². The van der Waals surface area contributed by atoms with Gasteiger partial charge in [0.25, 0.3) is 0 Å². The van der Waals surface area contributed by atoms with Crippen LogP contribution in [-0.4, -0.2) is 24.7 Å². The molecule has 0 heterocycles. The molecule has 90 valence electrons. The van der Waals surface area contributed by atoms with Gasteiger partial charge in [-0.3, -0.25) is 4.84 Å². The predicted octanol–water partition coefficient (Wildman–Crippen LogP) is 2.89. The Morgan fingerprint density at radius 2 is 1.69 bits per heavy atom. The second-order valence-electron chi connectivity index (χ2n) is 5.16. The molecule has 3 heteroatoms. The number of benzene rings is 1. The Balaban J connectivity index is 2.54. The van der Waals surface area contributed by atoms with E-state index in [1.807, 2.05) is 14.1 Å². The van der Waals surface area contributed by atoms with E-state index in [-0.39, 0.29) is 5.54 Å². The molecule has 0 spiro atoms. The lowest BCUT2D eigenvalue weighted by molar-refractivity contribution is -0.130. The number of hydroxylamine groups is 2. The molecule has 0 fully saturated rings. The van der Waals surface area contributed by atoms with Gasteiger partial charge in [0, 0.05) is 25.3 Å². The first-order chi connectivity index (χ1) is 7.37. The van der Waals surface area contributed by atoms with Crippen molar-refractivity contribution in [3.05, 3.63) is 29.8 Å². The van der Waals surface area contributed by atoms with Gasteiger partial charge in [-0.05, 0) is 38.5 Å². The van der Waals surface area contributed by atoms with Gasteiger partial charge in [0.1, 0.15) is 0 Å². The zero-order valence-corrected chi connectivity index (χ0v) is 10.9. The molecule has 0 aromatic heterocycles. The quantitative estimate of drug-likeness (QED) is 0.793. The van der Waals surface area contributed by atoms with Crippen LogP contribution < -0.4 is 5.32 Å². The molecule has 0 saturated carbocycles. The molecule has 0 aliphatic rings. The maximum absolute atomic E-state index is 5.38. The van der Waals surface area contributed by atoms with E-state index in [0.717, 1.165) is 5.69 Å². The van der Waals surface area contributed by atoms with Gasteiger partial charge in [-0.2, -0.15) is 5.06 Å². The molecule has 1 N–H and O–H groups in total. The predicted molar refractivity (Wildman–Crippen MR) is 68.3 cm³/mol. The highest BCUT2D eigenvalue weighted by Gasteiger charge is 2.08. The van der Waals surface area contributed by atoms with Crippen molar-refractivity contribution in [1.82, 2.24) is 5.06 Å². The molecule has 1 aromatic rings. The van der Waals surface area contributed by atoms with Crippen molar-refractivity contribution in [1.29, 1.82) is 0 Å². The molecule has 3 nitrogen and oxygen atoms in total.